The van der Waals surface area contributed by atoms with Gasteiger partial charge < -0.3 is 15.5 Å². The Balaban J connectivity index is 1.85. The van der Waals surface area contributed by atoms with E-state index in [-0.39, 0.29) is 17.9 Å². The summed E-state index contributed by atoms with van der Waals surface area (Å²) in [6.07, 6.45) is 4.48. The number of aliphatic hydroxyl groups excluding tert-OH is 1. The number of amides is 1. The van der Waals surface area contributed by atoms with E-state index in [2.05, 4.69) is 5.32 Å². The van der Waals surface area contributed by atoms with E-state index in [1.165, 1.54) is 0 Å². The number of carbonyl (C=O) groups excluding carboxylic acids is 1. The standard InChI is InChI=1S/C15H25NO4/c1-2-9-6-12(13(7-9)15(19)20)14(18)16-8-10-3-4-11(17)5-10/h9-13,17H,2-8H2,1H3,(H,16,18)(H,19,20). The predicted molar refractivity (Wildman–Crippen MR) is 74.0 cm³/mol. The monoisotopic (exact) mass is 283 g/mol. The maximum absolute atomic E-state index is 12.2. The van der Waals surface area contributed by atoms with Gasteiger partial charge in [-0.05, 0) is 43.9 Å². The number of aliphatic carboxylic acids is 1. The summed E-state index contributed by atoms with van der Waals surface area (Å²) in [5.74, 6) is -1.20. The molecule has 2 aliphatic carbocycles. The summed E-state index contributed by atoms with van der Waals surface area (Å²) in [7, 11) is 0. The number of carbonyl (C=O) groups is 2. The molecule has 0 bridgehead atoms. The summed E-state index contributed by atoms with van der Waals surface area (Å²) < 4.78 is 0. The first-order chi connectivity index (χ1) is 9.51. The summed E-state index contributed by atoms with van der Waals surface area (Å²) in [5, 5.41) is 21.6. The second-order valence-electron chi connectivity index (χ2n) is 6.37. The zero-order valence-electron chi connectivity index (χ0n) is 12.0. The van der Waals surface area contributed by atoms with Crippen molar-refractivity contribution in [2.75, 3.05) is 6.54 Å². The topological polar surface area (TPSA) is 86.6 Å². The fourth-order valence-electron chi connectivity index (χ4n) is 3.65. The van der Waals surface area contributed by atoms with E-state index in [1.54, 1.807) is 0 Å². The van der Waals surface area contributed by atoms with Crippen LogP contribution in [0.1, 0.15) is 45.4 Å². The van der Waals surface area contributed by atoms with Crippen LogP contribution in [0.5, 0.6) is 0 Å². The number of rotatable bonds is 5. The van der Waals surface area contributed by atoms with E-state index >= 15 is 0 Å². The zero-order chi connectivity index (χ0) is 14.7. The van der Waals surface area contributed by atoms with Crippen molar-refractivity contribution < 1.29 is 19.8 Å². The van der Waals surface area contributed by atoms with Gasteiger partial charge in [0.1, 0.15) is 0 Å². The molecule has 0 aromatic rings. The molecule has 2 rings (SSSR count). The largest absolute Gasteiger partial charge is 0.481 e. The van der Waals surface area contributed by atoms with E-state index in [9.17, 15) is 19.8 Å². The molecule has 1 amide bonds. The van der Waals surface area contributed by atoms with E-state index in [0.29, 0.717) is 31.2 Å². The van der Waals surface area contributed by atoms with Crippen molar-refractivity contribution in [3.05, 3.63) is 0 Å². The third-order valence-electron chi connectivity index (χ3n) is 4.97. The highest BCUT2D eigenvalue weighted by Gasteiger charge is 2.42. The molecule has 2 saturated carbocycles. The summed E-state index contributed by atoms with van der Waals surface area (Å²) >= 11 is 0. The molecule has 20 heavy (non-hydrogen) atoms. The van der Waals surface area contributed by atoms with Crippen LogP contribution in [0, 0.1) is 23.7 Å². The lowest BCUT2D eigenvalue weighted by molar-refractivity contribution is -0.146. The average molecular weight is 283 g/mol. The summed E-state index contributed by atoms with van der Waals surface area (Å²) in [6.45, 7) is 2.61. The molecule has 0 aromatic heterocycles. The summed E-state index contributed by atoms with van der Waals surface area (Å²) in [5.41, 5.74) is 0. The fourth-order valence-corrected chi connectivity index (χ4v) is 3.65. The molecule has 5 unspecified atom stereocenters. The predicted octanol–water partition coefficient (Wildman–Crippen LogP) is 1.40. The van der Waals surface area contributed by atoms with Gasteiger partial charge in [-0.1, -0.05) is 13.3 Å². The molecule has 0 aromatic carbocycles. The number of hydrogen-bond donors (Lipinski definition) is 3. The first-order valence-electron chi connectivity index (χ1n) is 7.69. The van der Waals surface area contributed by atoms with Crippen LogP contribution in [0.25, 0.3) is 0 Å². The van der Waals surface area contributed by atoms with Gasteiger partial charge >= 0.3 is 5.97 Å². The van der Waals surface area contributed by atoms with Gasteiger partial charge in [-0.15, -0.1) is 0 Å². The van der Waals surface area contributed by atoms with Crippen molar-refractivity contribution in [2.24, 2.45) is 23.7 Å². The normalized spacial score (nSPS) is 37.0. The van der Waals surface area contributed by atoms with Crippen LogP contribution in [0.3, 0.4) is 0 Å². The first-order valence-corrected chi connectivity index (χ1v) is 7.69. The first kappa shape index (κ1) is 15.3. The molecule has 0 heterocycles. The quantitative estimate of drug-likeness (QED) is 0.712. The fraction of sp³-hybridized carbons (Fsp3) is 0.867. The van der Waals surface area contributed by atoms with Gasteiger partial charge in [0.15, 0.2) is 0 Å². The van der Waals surface area contributed by atoms with Crippen molar-refractivity contribution >= 4 is 11.9 Å². The lowest BCUT2D eigenvalue weighted by Gasteiger charge is -2.17. The van der Waals surface area contributed by atoms with Crippen molar-refractivity contribution in [1.29, 1.82) is 0 Å². The van der Waals surface area contributed by atoms with Crippen LogP contribution in [0.2, 0.25) is 0 Å². The van der Waals surface area contributed by atoms with Gasteiger partial charge in [-0.25, -0.2) is 0 Å². The van der Waals surface area contributed by atoms with Crippen LogP contribution >= 0.6 is 0 Å². The molecule has 2 aliphatic rings. The molecule has 5 atom stereocenters. The third kappa shape index (κ3) is 3.51. The third-order valence-corrected chi connectivity index (χ3v) is 4.97. The molecule has 0 radical (unpaired) electrons. The molecule has 5 nitrogen and oxygen atoms in total. The Bertz CT molecular complexity index is 371. The second kappa shape index (κ2) is 6.57. The van der Waals surface area contributed by atoms with Crippen LogP contribution in [0.15, 0.2) is 0 Å². The molecule has 5 heteroatoms. The van der Waals surface area contributed by atoms with Gasteiger partial charge in [-0.3, -0.25) is 9.59 Å². The van der Waals surface area contributed by atoms with E-state index < -0.39 is 11.9 Å². The van der Waals surface area contributed by atoms with Crippen LogP contribution in [0.4, 0.5) is 0 Å². The highest BCUT2D eigenvalue weighted by molar-refractivity contribution is 5.85. The molecule has 114 valence electrons. The molecule has 0 aliphatic heterocycles. The molecule has 0 saturated heterocycles. The van der Waals surface area contributed by atoms with Gasteiger partial charge in [-0.2, -0.15) is 0 Å². The van der Waals surface area contributed by atoms with Gasteiger partial charge in [0.25, 0.3) is 0 Å². The Morgan fingerprint density at radius 2 is 1.80 bits per heavy atom. The number of aliphatic hydroxyl groups is 1. The minimum Gasteiger partial charge on any atom is -0.481 e. The molecular formula is C15H25NO4. The lowest BCUT2D eigenvalue weighted by Crippen LogP contribution is -2.37. The Morgan fingerprint density at radius 1 is 1.10 bits per heavy atom. The van der Waals surface area contributed by atoms with Crippen molar-refractivity contribution in [2.45, 2.75) is 51.6 Å². The van der Waals surface area contributed by atoms with Crippen molar-refractivity contribution in [3.63, 3.8) is 0 Å². The maximum atomic E-state index is 12.2. The Labute approximate surface area is 119 Å². The summed E-state index contributed by atoms with van der Waals surface area (Å²) in [4.78, 5) is 23.5. The van der Waals surface area contributed by atoms with Gasteiger partial charge in [0.05, 0.1) is 17.9 Å². The van der Waals surface area contributed by atoms with E-state index in [1.807, 2.05) is 6.92 Å². The zero-order valence-corrected chi connectivity index (χ0v) is 12.0. The van der Waals surface area contributed by atoms with E-state index in [0.717, 1.165) is 25.7 Å². The maximum Gasteiger partial charge on any atom is 0.307 e. The number of nitrogens with one attached hydrogen (secondary N) is 1. The highest BCUT2D eigenvalue weighted by Crippen LogP contribution is 2.38. The number of hydrogen-bond acceptors (Lipinski definition) is 3. The molecular weight excluding hydrogens is 258 g/mol. The highest BCUT2D eigenvalue weighted by atomic mass is 16.4. The van der Waals surface area contributed by atoms with Crippen LogP contribution < -0.4 is 5.32 Å². The Kier molecular flexibility index (Phi) is 5.02. The number of carboxylic acids is 1. The smallest absolute Gasteiger partial charge is 0.307 e. The van der Waals surface area contributed by atoms with Gasteiger partial charge in [0.2, 0.25) is 5.91 Å². The average Bonchev–Trinajstić information content (AvgIpc) is 3.02. The van der Waals surface area contributed by atoms with Crippen molar-refractivity contribution in [3.8, 4) is 0 Å². The molecule has 2 fully saturated rings. The minimum absolute atomic E-state index is 0.116. The minimum atomic E-state index is -0.850. The number of carboxylic acid groups (broad SMARTS) is 1. The summed E-state index contributed by atoms with van der Waals surface area (Å²) in [6, 6.07) is 0. The van der Waals surface area contributed by atoms with Crippen LogP contribution in [-0.2, 0) is 9.59 Å². The lowest BCUT2D eigenvalue weighted by atomic mass is 9.95. The SMILES string of the molecule is CCC1CC(C(=O)O)C(C(=O)NCC2CCC(O)C2)C1. The van der Waals surface area contributed by atoms with Crippen molar-refractivity contribution in [1.82, 2.24) is 5.32 Å². The van der Waals surface area contributed by atoms with E-state index in [4.69, 9.17) is 0 Å². The molecule has 0 spiro atoms. The Hall–Kier alpha value is -1.10. The van der Waals surface area contributed by atoms with Crippen LogP contribution in [-0.4, -0.2) is 34.7 Å². The Morgan fingerprint density at radius 3 is 2.35 bits per heavy atom. The molecule has 3 N–H and O–H groups in total. The second-order valence-corrected chi connectivity index (χ2v) is 6.37. The van der Waals surface area contributed by atoms with Gasteiger partial charge in [0, 0.05) is 6.54 Å².